The lowest BCUT2D eigenvalue weighted by Gasteiger charge is -2.48. The Kier molecular flexibility index (Phi) is 4.60. The van der Waals surface area contributed by atoms with Gasteiger partial charge in [0.25, 0.3) is 0 Å². The Morgan fingerprint density at radius 3 is 2.44 bits per heavy atom. The maximum Gasteiger partial charge on any atom is 0.190 e. The summed E-state index contributed by atoms with van der Waals surface area (Å²) in [5.74, 6) is -8.58. The van der Waals surface area contributed by atoms with Gasteiger partial charge < -0.3 is 10.2 Å². The van der Waals surface area contributed by atoms with Crippen LogP contribution in [0.4, 0.5) is 0 Å². The normalized spacial score (nSPS) is 33.8. The van der Waals surface area contributed by atoms with E-state index in [4.69, 9.17) is 0 Å². The van der Waals surface area contributed by atoms with Crippen LogP contribution in [-0.2, 0) is 25.6 Å². The molecule has 32 heavy (non-hydrogen) atoms. The first-order chi connectivity index (χ1) is 15.1. The van der Waals surface area contributed by atoms with Crippen molar-refractivity contribution in [1.82, 2.24) is 0 Å². The van der Waals surface area contributed by atoms with E-state index in [0.29, 0.717) is 12.0 Å². The minimum atomic E-state index is -2.53. The molecule has 3 fully saturated rings. The number of Topliss-reactive ketones (excluding diaryl/α,β-unsaturated/α-hetero) is 5. The van der Waals surface area contributed by atoms with Crippen LogP contribution < -0.4 is 0 Å². The van der Waals surface area contributed by atoms with Gasteiger partial charge in [-0.2, -0.15) is 0 Å². The molecule has 0 aliphatic heterocycles. The second kappa shape index (κ2) is 7.04. The SMILES string of the molecule is CC(=O)C1C(=O)CC2CC3Cc4c(C=C5CCC5)ccc(O)c4C(=O)C3C(=O)C2(O)C1=O. The highest BCUT2D eigenvalue weighted by molar-refractivity contribution is 6.31. The van der Waals surface area contributed by atoms with Crippen molar-refractivity contribution in [1.29, 1.82) is 0 Å². The number of aromatic hydroxyl groups is 1. The molecule has 4 aliphatic carbocycles. The van der Waals surface area contributed by atoms with E-state index in [2.05, 4.69) is 0 Å². The van der Waals surface area contributed by atoms with Crippen molar-refractivity contribution < 1.29 is 34.2 Å². The number of benzene rings is 1. The molecule has 4 aliphatic rings. The first-order valence-electron chi connectivity index (χ1n) is 11.1. The lowest BCUT2D eigenvalue weighted by molar-refractivity contribution is -0.175. The van der Waals surface area contributed by atoms with Crippen molar-refractivity contribution in [3.05, 3.63) is 34.4 Å². The molecule has 0 spiro atoms. The fraction of sp³-hybridized carbons (Fsp3) is 0.480. The number of aliphatic hydroxyl groups is 1. The monoisotopic (exact) mass is 436 g/mol. The van der Waals surface area contributed by atoms with Crippen LogP contribution in [0.1, 0.15) is 60.5 Å². The summed E-state index contributed by atoms with van der Waals surface area (Å²) in [6, 6.07) is 3.20. The van der Waals surface area contributed by atoms with Crippen LogP contribution in [0.5, 0.6) is 5.75 Å². The second-order valence-corrected chi connectivity index (χ2v) is 9.63. The van der Waals surface area contributed by atoms with Gasteiger partial charge in [0.2, 0.25) is 0 Å². The van der Waals surface area contributed by atoms with E-state index >= 15 is 0 Å². The molecule has 7 heteroatoms. The molecule has 3 saturated carbocycles. The van der Waals surface area contributed by atoms with Gasteiger partial charge in [0.15, 0.2) is 28.7 Å². The molecular formula is C25H24O7. The molecule has 0 heterocycles. The number of hydrogen-bond acceptors (Lipinski definition) is 7. The number of ketones is 5. The number of rotatable bonds is 2. The Bertz CT molecular complexity index is 1140. The highest BCUT2D eigenvalue weighted by atomic mass is 16.3. The van der Waals surface area contributed by atoms with Gasteiger partial charge in [-0.05, 0) is 62.1 Å². The van der Waals surface area contributed by atoms with Gasteiger partial charge in [0.05, 0.1) is 11.5 Å². The van der Waals surface area contributed by atoms with E-state index in [1.807, 2.05) is 6.08 Å². The summed E-state index contributed by atoms with van der Waals surface area (Å²) < 4.78 is 0. The Morgan fingerprint density at radius 2 is 1.81 bits per heavy atom. The molecule has 0 amide bonds. The molecule has 0 radical (unpaired) electrons. The molecule has 2 N–H and O–H groups in total. The third-order valence-electron chi connectivity index (χ3n) is 7.80. The molecule has 5 unspecified atom stereocenters. The quantitative estimate of drug-likeness (QED) is 0.679. The summed E-state index contributed by atoms with van der Waals surface area (Å²) in [6.45, 7) is 1.08. The topological polar surface area (TPSA) is 126 Å². The van der Waals surface area contributed by atoms with Crippen LogP contribution in [0.25, 0.3) is 6.08 Å². The summed E-state index contributed by atoms with van der Waals surface area (Å²) in [7, 11) is 0. The summed E-state index contributed by atoms with van der Waals surface area (Å²) in [4.78, 5) is 64.2. The van der Waals surface area contributed by atoms with Crippen LogP contribution in [0.2, 0.25) is 0 Å². The number of carbonyl (C=O) groups excluding carboxylic acids is 5. The van der Waals surface area contributed by atoms with Crippen LogP contribution in [0, 0.1) is 23.7 Å². The van der Waals surface area contributed by atoms with Crippen molar-refractivity contribution >= 4 is 35.0 Å². The second-order valence-electron chi connectivity index (χ2n) is 9.63. The predicted molar refractivity (Wildman–Crippen MR) is 112 cm³/mol. The average molecular weight is 436 g/mol. The van der Waals surface area contributed by atoms with E-state index in [1.54, 1.807) is 6.07 Å². The highest BCUT2D eigenvalue weighted by Crippen LogP contribution is 2.50. The van der Waals surface area contributed by atoms with Crippen molar-refractivity contribution in [2.75, 3.05) is 0 Å². The van der Waals surface area contributed by atoms with Gasteiger partial charge in [-0.15, -0.1) is 0 Å². The first-order valence-corrected chi connectivity index (χ1v) is 11.1. The smallest absolute Gasteiger partial charge is 0.190 e. The molecule has 0 bridgehead atoms. The van der Waals surface area contributed by atoms with E-state index < -0.39 is 58.2 Å². The lowest BCUT2D eigenvalue weighted by Crippen LogP contribution is -2.67. The number of carbonyl (C=O) groups is 5. The number of allylic oxidation sites excluding steroid dienone is 1. The number of phenolic OH excluding ortho intramolecular Hbond substituents is 1. The van der Waals surface area contributed by atoms with Gasteiger partial charge in [-0.3, -0.25) is 24.0 Å². The van der Waals surface area contributed by atoms with E-state index in [9.17, 15) is 34.2 Å². The molecule has 166 valence electrons. The minimum Gasteiger partial charge on any atom is -0.507 e. The zero-order valence-corrected chi connectivity index (χ0v) is 17.7. The van der Waals surface area contributed by atoms with Crippen LogP contribution in [0.15, 0.2) is 17.7 Å². The molecule has 1 aromatic carbocycles. The Hall–Kier alpha value is -2.93. The van der Waals surface area contributed by atoms with Crippen molar-refractivity contribution in [2.45, 2.75) is 51.0 Å². The maximum absolute atomic E-state index is 13.4. The Morgan fingerprint density at radius 1 is 1.09 bits per heavy atom. The Labute approximate surface area is 184 Å². The zero-order chi connectivity index (χ0) is 22.9. The molecule has 5 rings (SSSR count). The predicted octanol–water partition coefficient (Wildman–Crippen LogP) is 2.00. The first kappa shape index (κ1) is 20.9. The third-order valence-corrected chi connectivity index (χ3v) is 7.80. The Balaban J connectivity index is 1.59. The standard InChI is InChI=1S/C25H24O7/c1-11(26)19-18(28)10-15-8-14-9-16-13(7-12-3-2-4-12)5-6-17(27)21(16)22(29)20(14)24(31)25(15,32)23(19)30/h5-7,14-15,19-20,27,32H,2-4,8-10H2,1H3. The van der Waals surface area contributed by atoms with Crippen molar-refractivity contribution in [3.63, 3.8) is 0 Å². The van der Waals surface area contributed by atoms with E-state index in [0.717, 1.165) is 31.7 Å². The zero-order valence-electron chi connectivity index (χ0n) is 17.7. The van der Waals surface area contributed by atoms with Gasteiger partial charge in [-0.1, -0.05) is 17.7 Å². The fourth-order valence-electron chi connectivity index (χ4n) is 6.00. The highest BCUT2D eigenvalue weighted by Gasteiger charge is 2.65. The van der Waals surface area contributed by atoms with Crippen LogP contribution in [-0.4, -0.2) is 44.7 Å². The molecular weight excluding hydrogens is 412 g/mol. The van der Waals surface area contributed by atoms with Gasteiger partial charge in [0, 0.05) is 12.3 Å². The van der Waals surface area contributed by atoms with Gasteiger partial charge >= 0.3 is 0 Å². The summed E-state index contributed by atoms with van der Waals surface area (Å²) >= 11 is 0. The van der Waals surface area contributed by atoms with Crippen LogP contribution >= 0.6 is 0 Å². The average Bonchev–Trinajstić information content (AvgIpc) is 2.68. The maximum atomic E-state index is 13.4. The fourth-order valence-corrected chi connectivity index (χ4v) is 6.00. The van der Waals surface area contributed by atoms with E-state index in [1.165, 1.54) is 11.6 Å². The number of phenols is 1. The molecule has 5 atom stereocenters. The van der Waals surface area contributed by atoms with Crippen molar-refractivity contribution in [3.8, 4) is 5.75 Å². The summed E-state index contributed by atoms with van der Waals surface area (Å²) in [6.07, 6.45) is 5.35. The largest absolute Gasteiger partial charge is 0.507 e. The molecule has 0 aromatic heterocycles. The van der Waals surface area contributed by atoms with Gasteiger partial charge in [-0.25, -0.2) is 0 Å². The molecule has 0 saturated heterocycles. The minimum absolute atomic E-state index is 0.0674. The summed E-state index contributed by atoms with van der Waals surface area (Å²) in [5.41, 5.74) is 0.307. The number of fused-ring (bicyclic) bond motifs is 3. The van der Waals surface area contributed by atoms with Crippen LogP contribution in [0.3, 0.4) is 0 Å². The number of hydrogen-bond donors (Lipinski definition) is 2. The summed E-state index contributed by atoms with van der Waals surface area (Å²) in [5, 5.41) is 21.7. The third kappa shape index (κ3) is 2.73. The lowest BCUT2D eigenvalue weighted by atomic mass is 9.53. The van der Waals surface area contributed by atoms with Crippen molar-refractivity contribution in [2.24, 2.45) is 23.7 Å². The van der Waals surface area contributed by atoms with Gasteiger partial charge in [0.1, 0.15) is 17.5 Å². The molecule has 1 aromatic rings. The van der Waals surface area contributed by atoms with E-state index in [-0.39, 0.29) is 24.2 Å². The molecule has 7 nitrogen and oxygen atoms in total.